The van der Waals surface area contributed by atoms with E-state index in [9.17, 15) is 34.8 Å². The number of rotatable bonds is 10. The summed E-state index contributed by atoms with van der Waals surface area (Å²) < 4.78 is 71.4. The van der Waals surface area contributed by atoms with Crippen molar-refractivity contribution in [3.8, 4) is 0 Å². The number of primary sulfonamides is 1. The summed E-state index contributed by atoms with van der Waals surface area (Å²) in [5, 5.41) is 4.80. The average Bonchev–Trinajstić information content (AvgIpc) is 3.00. The van der Waals surface area contributed by atoms with E-state index in [-0.39, 0.29) is 161 Å². The molecular weight excluding hydrogens is 1210 g/mol. The first-order valence-electron chi connectivity index (χ1n) is 17.4. The van der Waals surface area contributed by atoms with Gasteiger partial charge in [-0.1, -0.05) is 95.9 Å². The third-order valence-corrected chi connectivity index (χ3v) is 13.8. The Balaban J connectivity index is -0.000000168. The van der Waals surface area contributed by atoms with Crippen molar-refractivity contribution in [3.05, 3.63) is 69.8 Å². The fourth-order valence-electron chi connectivity index (χ4n) is 5.40. The molecule has 3 rings (SSSR count). The van der Waals surface area contributed by atoms with Gasteiger partial charge in [-0.3, -0.25) is 14.3 Å². The molecule has 0 aliphatic rings. The van der Waals surface area contributed by atoms with E-state index in [1.807, 2.05) is 27.7 Å². The molecule has 0 aromatic heterocycles. The number of sulfonamides is 2. The summed E-state index contributed by atoms with van der Waals surface area (Å²) in [6, 6.07) is 12.8. The Kier molecular flexibility index (Phi) is 36.9. The summed E-state index contributed by atoms with van der Waals surface area (Å²) in [7, 11) is 10.6. The molecule has 1 amide bonds. The zero-order valence-corrected chi connectivity index (χ0v) is 51.0. The number of nitrogens with two attached hydrogens (primary N) is 1. The van der Waals surface area contributed by atoms with E-state index >= 15 is 0 Å². The standard InChI is InChI=1S/C15H21BNO3S.C8H7BClO2S.C8H9BNO2S.C7H13ClO.HI.3Y.H2/c1-6-9(2)12(5)15(18)17-21(19,20)14-10(3)7-13(16)8-11(14)4;2*1-5-3-7(9)4-6(2)8(5)13(10,11)12;1-4-5(2)6(3)7(8)9;;;;;/h7,9,12H,6H2,1-5H3,(H,17,18);3H,1-2H3;3H,1-2H3,(H2,10,11,12);5-6H,4H2,1-3H3;1H;;;;1H/q3*-1;;;;;;. The van der Waals surface area contributed by atoms with Gasteiger partial charge in [0.1, 0.15) is 0 Å². The van der Waals surface area contributed by atoms with E-state index in [1.54, 1.807) is 48.5 Å². The molecule has 10 nitrogen and oxygen atoms in total. The van der Waals surface area contributed by atoms with Crippen molar-refractivity contribution >= 4 is 126 Å². The number of aryl methyl sites for hydroxylation is 6. The van der Waals surface area contributed by atoms with Gasteiger partial charge in [0.25, 0.3) is 0 Å². The maximum Gasteiger partial charge on any atom is 0.236 e. The zero-order valence-electron chi connectivity index (χ0n) is 36.2. The molecule has 3 aromatic carbocycles. The molecule has 0 fully saturated rings. The zero-order chi connectivity index (χ0) is 44.3. The molecule has 0 saturated heterocycles. The monoisotopic (exact) mass is 1260 g/mol. The van der Waals surface area contributed by atoms with Crippen LogP contribution < -0.4 is 26.2 Å². The van der Waals surface area contributed by atoms with Crippen molar-refractivity contribution in [2.24, 2.45) is 28.8 Å². The number of benzene rings is 3. The van der Waals surface area contributed by atoms with Gasteiger partial charge in [0.15, 0.2) is 10.0 Å². The van der Waals surface area contributed by atoms with Gasteiger partial charge in [0.2, 0.25) is 30.2 Å². The Morgan fingerprint density at radius 2 is 0.967 bits per heavy atom. The van der Waals surface area contributed by atoms with Crippen LogP contribution in [0.15, 0.2) is 32.9 Å². The second-order valence-corrected chi connectivity index (χ2v) is 19.7. The first-order chi connectivity index (χ1) is 25.3. The van der Waals surface area contributed by atoms with Crippen LogP contribution in [0.3, 0.4) is 0 Å². The third kappa shape index (κ3) is 23.7. The van der Waals surface area contributed by atoms with Gasteiger partial charge >= 0.3 is 0 Å². The molecule has 0 spiro atoms. The van der Waals surface area contributed by atoms with Crippen LogP contribution in [0.2, 0.25) is 0 Å². The van der Waals surface area contributed by atoms with E-state index < -0.39 is 35.0 Å². The molecule has 0 heterocycles. The molecule has 323 valence electrons. The van der Waals surface area contributed by atoms with Crippen molar-refractivity contribution in [1.82, 2.24) is 4.72 Å². The van der Waals surface area contributed by atoms with E-state index in [1.165, 1.54) is 18.2 Å². The van der Waals surface area contributed by atoms with E-state index in [0.717, 1.165) is 12.8 Å². The van der Waals surface area contributed by atoms with Crippen molar-refractivity contribution < 1.29 is 134 Å². The molecule has 0 aliphatic carbocycles. The molecule has 9 radical (unpaired) electrons. The number of amides is 1. The van der Waals surface area contributed by atoms with Crippen LogP contribution in [0, 0.1) is 83.4 Å². The van der Waals surface area contributed by atoms with Gasteiger partial charge in [-0.25, -0.2) is 46.8 Å². The van der Waals surface area contributed by atoms with Crippen LogP contribution in [0.5, 0.6) is 0 Å². The summed E-state index contributed by atoms with van der Waals surface area (Å²) >= 11 is 5.26. The second-order valence-electron chi connectivity index (χ2n) is 13.7. The molecule has 3 N–H and O–H groups in total. The minimum Gasteiger partial charge on any atom is -0.281 e. The fourth-order valence-corrected chi connectivity index (χ4v) is 9.67. The molecular formula is C38H53B3Cl2IN2O8S3Y3-3. The van der Waals surface area contributed by atoms with Crippen LogP contribution in [-0.2, 0) is 137 Å². The SMILES string of the molecule is CCC(C)C(C)C(=O)Cl.I.[B]c1[c-]c(C)c(S(=O)(=O)Cl)c(C)c1.[B]c1[c-]c(C)c(S(=O)(=O)NC(=O)C(C)C(C)CC)c(C)c1.[B]c1[c-]c(C)c(S(N)(=O)=O)c(C)c1.[HH].[Y].[Y].[Y]. The summed E-state index contributed by atoms with van der Waals surface area (Å²) in [6.07, 6.45) is 1.82. The predicted molar refractivity (Wildman–Crippen MR) is 246 cm³/mol. The van der Waals surface area contributed by atoms with Crippen LogP contribution in [-0.4, -0.2) is 59.9 Å². The summed E-state index contributed by atoms with van der Waals surface area (Å²) in [5.74, 6) is -0.324. The van der Waals surface area contributed by atoms with Gasteiger partial charge in [-0.05, 0) is 38.1 Å². The number of carbonyl (C=O) groups excluding carboxylic acids is 2. The maximum atomic E-state index is 12.4. The van der Waals surface area contributed by atoms with Crippen LogP contribution in [0.1, 0.15) is 89.2 Å². The van der Waals surface area contributed by atoms with Crippen molar-refractivity contribution in [2.45, 2.75) is 111 Å². The van der Waals surface area contributed by atoms with E-state index in [4.69, 9.17) is 51.0 Å². The molecule has 3 aromatic rings. The van der Waals surface area contributed by atoms with Crippen LogP contribution >= 0.6 is 46.3 Å². The summed E-state index contributed by atoms with van der Waals surface area (Å²) in [4.78, 5) is 22.9. The Morgan fingerprint density at radius 1 is 0.667 bits per heavy atom. The number of nitrogens with one attached hydrogen (secondary N) is 1. The first kappa shape index (κ1) is 70.4. The molecule has 60 heavy (non-hydrogen) atoms. The Labute approximate surface area is 468 Å². The number of halogens is 3. The number of hydrogen-bond acceptors (Lipinski definition) is 8. The smallest absolute Gasteiger partial charge is 0.236 e. The van der Waals surface area contributed by atoms with E-state index in [0.29, 0.717) is 55.7 Å². The maximum absolute atomic E-state index is 12.4. The summed E-state index contributed by atoms with van der Waals surface area (Å²) in [6.45, 7) is 21.3. The normalized spacial score (nSPS) is 12.7. The second kappa shape index (κ2) is 31.4. The molecule has 4 unspecified atom stereocenters. The van der Waals surface area contributed by atoms with Crippen molar-refractivity contribution in [2.75, 3.05) is 0 Å². The fraction of sp³-hybridized carbons (Fsp3) is 0.474. The Hall–Kier alpha value is 1.43. The Morgan fingerprint density at radius 3 is 1.22 bits per heavy atom. The van der Waals surface area contributed by atoms with Crippen LogP contribution in [0.4, 0.5) is 0 Å². The van der Waals surface area contributed by atoms with Gasteiger partial charge < -0.3 is 0 Å². The molecule has 22 heteroatoms. The first-order valence-corrected chi connectivity index (χ1v) is 23.2. The topological polar surface area (TPSA) is 175 Å². The molecule has 0 saturated carbocycles. The van der Waals surface area contributed by atoms with Gasteiger partial charge in [0.05, 0.1) is 23.5 Å². The average molecular weight is 1260 g/mol. The molecule has 0 bridgehead atoms. The predicted octanol–water partition coefficient (Wildman–Crippen LogP) is 5.04. The minimum atomic E-state index is -3.91. The largest absolute Gasteiger partial charge is 0.281 e. The van der Waals surface area contributed by atoms with E-state index in [2.05, 4.69) is 29.8 Å². The van der Waals surface area contributed by atoms with Gasteiger partial charge in [-0.15, -0.1) is 57.4 Å². The Bertz CT molecular complexity index is 2080. The third-order valence-electron chi connectivity index (χ3n) is 9.01. The van der Waals surface area contributed by atoms with Crippen molar-refractivity contribution in [3.63, 3.8) is 0 Å². The minimum absolute atomic E-state index is 0. The van der Waals surface area contributed by atoms with Crippen LogP contribution in [0.25, 0.3) is 0 Å². The summed E-state index contributed by atoms with van der Waals surface area (Å²) in [5.41, 5.74) is 4.13. The van der Waals surface area contributed by atoms with Gasteiger partial charge in [0, 0.05) is 122 Å². The number of hydrogen-bond donors (Lipinski definition) is 2. The molecule has 0 aliphatic heterocycles. The van der Waals surface area contributed by atoms with Crippen molar-refractivity contribution in [1.29, 1.82) is 0 Å². The van der Waals surface area contributed by atoms with Gasteiger partial charge in [-0.2, -0.15) is 36.4 Å². The number of carbonyl (C=O) groups is 2. The quantitative estimate of drug-likeness (QED) is 0.123. The molecule has 4 atom stereocenters.